The summed E-state index contributed by atoms with van der Waals surface area (Å²) in [4.78, 5) is 4.38. The number of nitrogens with one attached hydrogen (secondary N) is 1. The lowest BCUT2D eigenvalue weighted by atomic mass is 10.1. The van der Waals surface area contributed by atoms with E-state index in [-0.39, 0.29) is 6.04 Å². The molecule has 0 radical (unpaired) electrons. The van der Waals surface area contributed by atoms with Gasteiger partial charge < -0.3 is 20.5 Å². The SMILES string of the molecule is COCC(N)CCNc1nccc2cc(OC)ccc12. The van der Waals surface area contributed by atoms with Gasteiger partial charge in [0.2, 0.25) is 0 Å². The summed E-state index contributed by atoms with van der Waals surface area (Å²) >= 11 is 0. The van der Waals surface area contributed by atoms with E-state index in [2.05, 4.69) is 10.3 Å². The number of anilines is 1. The van der Waals surface area contributed by atoms with Crippen molar-refractivity contribution in [3.8, 4) is 5.75 Å². The Bertz CT molecular complexity index is 560. The van der Waals surface area contributed by atoms with Gasteiger partial charge in [-0.1, -0.05) is 0 Å². The minimum absolute atomic E-state index is 0.0440. The quantitative estimate of drug-likeness (QED) is 0.809. The number of methoxy groups -OCH3 is 2. The maximum atomic E-state index is 5.90. The molecule has 108 valence electrons. The molecule has 0 fully saturated rings. The molecule has 0 aliphatic carbocycles. The van der Waals surface area contributed by atoms with E-state index in [4.69, 9.17) is 15.2 Å². The summed E-state index contributed by atoms with van der Waals surface area (Å²) in [6, 6.07) is 7.96. The number of hydrogen-bond acceptors (Lipinski definition) is 5. The molecule has 5 heteroatoms. The molecule has 5 nitrogen and oxygen atoms in total. The monoisotopic (exact) mass is 275 g/mol. The van der Waals surface area contributed by atoms with Crippen LogP contribution in [-0.4, -0.2) is 38.4 Å². The second-order valence-electron chi connectivity index (χ2n) is 4.68. The summed E-state index contributed by atoms with van der Waals surface area (Å²) in [5, 5.41) is 5.50. The first kappa shape index (κ1) is 14.6. The van der Waals surface area contributed by atoms with Gasteiger partial charge in [0.15, 0.2) is 0 Å². The van der Waals surface area contributed by atoms with Crippen LogP contribution in [0, 0.1) is 0 Å². The number of benzene rings is 1. The summed E-state index contributed by atoms with van der Waals surface area (Å²) in [7, 11) is 3.33. The Labute approximate surface area is 119 Å². The second-order valence-corrected chi connectivity index (χ2v) is 4.68. The summed E-state index contributed by atoms with van der Waals surface area (Å²) in [6.07, 6.45) is 2.63. The van der Waals surface area contributed by atoms with Crippen molar-refractivity contribution in [3.05, 3.63) is 30.5 Å². The lowest BCUT2D eigenvalue weighted by Crippen LogP contribution is -2.28. The summed E-state index contributed by atoms with van der Waals surface area (Å²) < 4.78 is 10.3. The average molecular weight is 275 g/mol. The summed E-state index contributed by atoms with van der Waals surface area (Å²) in [5.41, 5.74) is 5.90. The third kappa shape index (κ3) is 3.59. The van der Waals surface area contributed by atoms with Crippen LogP contribution in [0.2, 0.25) is 0 Å². The Balaban J connectivity index is 2.06. The van der Waals surface area contributed by atoms with Crippen molar-refractivity contribution in [2.75, 3.05) is 32.7 Å². The standard InChI is InChI=1S/C15H21N3O2/c1-19-10-12(16)6-8-18-15-14-4-3-13(20-2)9-11(14)5-7-17-15/h3-5,7,9,12H,6,8,10,16H2,1-2H3,(H,17,18). The molecule has 1 aromatic heterocycles. The van der Waals surface area contributed by atoms with Crippen LogP contribution in [0.3, 0.4) is 0 Å². The van der Waals surface area contributed by atoms with Crippen molar-refractivity contribution >= 4 is 16.6 Å². The fraction of sp³-hybridized carbons (Fsp3) is 0.400. The van der Waals surface area contributed by atoms with Crippen LogP contribution in [-0.2, 0) is 4.74 Å². The number of rotatable bonds is 7. The number of fused-ring (bicyclic) bond motifs is 1. The Hall–Kier alpha value is -1.85. The second kappa shape index (κ2) is 7.07. The molecule has 1 unspecified atom stereocenters. The van der Waals surface area contributed by atoms with Gasteiger partial charge in [0, 0.05) is 31.3 Å². The van der Waals surface area contributed by atoms with Crippen LogP contribution < -0.4 is 15.8 Å². The zero-order valence-electron chi connectivity index (χ0n) is 11.9. The lowest BCUT2D eigenvalue weighted by molar-refractivity contribution is 0.178. The smallest absolute Gasteiger partial charge is 0.133 e. The zero-order valence-corrected chi connectivity index (χ0v) is 11.9. The number of hydrogen-bond donors (Lipinski definition) is 2. The highest BCUT2D eigenvalue weighted by Crippen LogP contribution is 2.25. The molecule has 2 rings (SSSR count). The van der Waals surface area contributed by atoms with E-state index in [0.29, 0.717) is 6.61 Å². The van der Waals surface area contributed by atoms with Crippen molar-refractivity contribution < 1.29 is 9.47 Å². The van der Waals surface area contributed by atoms with Crippen LogP contribution in [0.1, 0.15) is 6.42 Å². The summed E-state index contributed by atoms with van der Waals surface area (Å²) in [6.45, 7) is 1.34. The fourth-order valence-corrected chi connectivity index (χ4v) is 2.10. The van der Waals surface area contributed by atoms with Crippen LogP contribution >= 0.6 is 0 Å². The molecule has 2 aromatic rings. The van der Waals surface area contributed by atoms with Crippen molar-refractivity contribution in [3.63, 3.8) is 0 Å². The van der Waals surface area contributed by atoms with E-state index in [9.17, 15) is 0 Å². The number of nitrogens with zero attached hydrogens (tertiary/aromatic N) is 1. The molecule has 20 heavy (non-hydrogen) atoms. The Morgan fingerprint density at radius 1 is 1.30 bits per heavy atom. The molecule has 1 aromatic carbocycles. The lowest BCUT2D eigenvalue weighted by Gasteiger charge is -2.12. The van der Waals surface area contributed by atoms with Crippen molar-refractivity contribution in [2.45, 2.75) is 12.5 Å². The van der Waals surface area contributed by atoms with E-state index in [1.165, 1.54) is 0 Å². The fourth-order valence-electron chi connectivity index (χ4n) is 2.10. The molecule has 0 saturated carbocycles. The normalized spacial score (nSPS) is 12.3. The van der Waals surface area contributed by atoms with Crippen LogP contribution in [0.25, 0.3) is 10.8 Å². The molecule has 0 aliphatic heterocycles. The Morgan fingerprint density at radius 2 is 2.15 bits per heavy atom. The highest BCUT2D eigenvalue weighted by molar-refractivity contribution is 5.92. The van der Waals surface area contributed by atoms with Gasteiger partial charge in [0.25, 0.3) is 0 Å². The third-order valence-corrected chi connectivity index (χ3v) is 3.16. The molecule has 0 amide bonds. The number of nitrogens with two attached hydrogens (primary N) is 1. The predicted molar refractivity (Wildman–Crippen MR) is 81.3 cm³/mol. The number of aromatic nitrogens is 1. The van der Waals surface area contributed by atoms with E-state index in [1.807, 2.05) is 24.3 Å². The Kier molecular flexibility index (Phi) is 5.15. The molecule has 0 aliphatic rings. The maximum absolute atomic E-state index is 5.90. The van der Waals surface area contributed by atoms with E-state index >= 15 is 0 Å². The van der Waals surface area contributed by atoms with Crippen molar-refractivity contribution in [2.24, 2.45) is 5.73 Å². The molecule has 0 spiro atoms. The molecule has 0 saturated heterocycles. The molecule has 1 atom stereocenters. The van der Waals surface area contributed by atoms with E-state index in [1.54, 1.807) is 20.4 Å². The van der Waals surface area contributed by atoms with Crippen LogP contribution in [0.4, 0.5) is 5.82 Å². The first-order chi connectivity index (χ1) is 9.74. The van der Waals surface area contributed by atoms with Crippen molar-refractivity contribution in [1.29, 1.82) is 0 Å². The molecule has 1 heterocycles. The van der Waals surface area contributed by atoms with Gasteiger partial charge in [0.1, 0.15) is 11.6 Å². The zero-order chi connectivity index (χ0) is 14.4. The highest BCUT2D eigenvalue weighted by Gasteiger charge is 2.05. The molecule has 0 bridgehead atoms. The van der Waals surface area contributed by atoms with Gasteiger partial charge >= 0.3 is 0 Å². The van der Waals surface area contributed by atoms with Crippen LogP contribution in [0.15, 0.2) is 30.5 Å². The Morgan fingerprint density at radius 3 is 2.90 bits per heavy atom. The summed E-state index contributed by atoms with van der Waals surface area (Å²) in [5.74, 6) is 1.71. The number of pyridine rings is 1. The maximum Gasteiger partial charge on any atom is 0.133 e. The van der Waals surface area contributed by atoms with Gasteiger partial charge in [-0.3, -0.25) is 0 Å². The van der Waals surface area contributed by atoms with Gasteiger partial charge in [0.05, 0.1) is 13.7 Å². The van der Waals surface area contributed by atoms with Crippen LogP contribution in [0.5, 0.6) is 5.75 Å². The minimum Gasteiger partial charge on any atom is -0.497 e. The number of ether oxygens (including phenoxy) is 2. The predicted octanol–water partition coefficient (Wildman–Crippen LogP) is 2.02. The highest BCUT2D eigenvalue weighted by atomic mass is 16.5. The third-order valence-electron chi connectivity index (χ3n) is 3.16. The largest absolute Gasteiger partial charge is 0.497 e. The van der Waals surface area contributed by atoms with E-state index < -0.39 is 0 Å². The minimum atomic E-state index is 0.0440. The molecule has 3 N–H and O–H groups in total. The van der Waals surface area contributed by atoms with Gasteiger partial charge in [-0.25, -0.2) is 4.98 Å². The van der Waals surface area contributed by atoms with Gasteiger partial charge in [-0.2, -0.15) is 0 Å². The van der Waals surface area contributed by atoms with Gasteiger partial charge in [-0.05, 0) is 36.1 Å². The molecular weight excluding hydrogens is 254 g/mol. The van der Waals surface area contributed by atoms with E-state index in [0.717, 1.165) is 35.3 Å². The van der Waals surface area contributed by atoms with Crippen molar-refractivity contribution in [1.82, 2.24) is 4.98 Å². The topological polar surface area (TPSA) is 69.4 Å². The van der Waals surface area contributed by atoms with Gasteiger partial charge in [-0.15, -0.1) is 0 Å². The first-order valence-corrected chi connectivity index (χ1v) is 6.65. The average Bonchev–Trinajstić information content (AvgIpc) is 2.47. The first-order valence-electron chi connectivity index (χ1n) is 6.65. The molecular formula is C15H21N3O2.